The number of benzene rings is 2. The van der Waals surface area contributed by atoms with Crippen molar-refractivity contribution in [2.24, 2.45) is 5.84 Å². The van der Waals surface area contributed by atoms with Gasteiger partial charge in [-0.3, -0.25) is 5.84 Å². The van der Waals surface area contributed by atoms with Gasteiger partial charge in [-0.2, -0.15) is 0 Å². The molecule has 1 unspecified atom stereocenters. The summed E-state index contributed by atoms with van der Waals surface area (Å²) in [5, 5.41) is 0. The molecule has 1 atom stereocenters. The van der Waals surface area contributed by atoms with Crippen molar-refractivity contribution in [3.8, 4) is 5.75 Å². The molecule has 2 rings (SSSR count). The van der Waals surface area contributed by atoms with Crippen LogP contribution in [0.25, 0.3) is 0 Å². The van der Waals surface area contributed by atoms with Crippen LogP contribution in [-0.2, 0) is 6.42 Å². The van der Waals surface area contributed by atoms with E-state index in [0.717, 1.165) is 12.2 Å². The molecule has 0 heterocycles. The first-order valence-corrected chi connectivity index (χ1v) is 6.89. The highest BCUT2D eigenvalue weighted by Crippen LogP contribution is 2.29. The summed E-state index contributed by atoms with van der Waals surface area (Å²) in [5.74, 6) is 6.69. The Hall–Kier alpha value is -1.84. The Morgan fingerprint density at radius 1 is 1.15 bits per heavy atom. The van der Waals surface area contributed by atoms with E-state index in [4.69, 9.17) is 10.6 Å². The lowest BCUT2D eigenvalue weighted by molar-refractivity contribution is 0.414. The molecule has 106 valence electrons. The Labute approximate surface area is 120 Å². The van der Waals surface area contributed by atoms with Crippen molar-refractivity contribution in [2.75, 3.05) is 7.11 Å². The van der Waals surface area contributed by atoms with Crippen molar-refractivity contribution in [2.45, 2.75) is 26.3 Å². The number of ether oxygens (including phenoxy) is 1. The summed E-state index contributed by atoms with van der Waals surface area (Å²) in [6.07, 6.45) is 0.990. The monoisotopic (exact) mass is 270 g/mol. The summed E-state index contributed by atoms with van der Waals surface area (Å²) in [6.45, 7) is 4.24. The zero-order valence-electron chi connectivity index (χ0n) is 12.3. The van der Waals surface area contributed by atoms with Crippen LogP contribution in [0.2, 0.25) is 0 Å². The molecule has 0 fully saturated rings. The van der Waals surface area contributed by atoms with Crippen LogP contribution in [0.15, 0.2) is 42.5 Å². The van der Waals surface area contributed by atoms with Crippen LogP contribution >= 0.6 is 0 Å². The van der Waals surface area contributed by atoms with Gasteiger partial charge in [-0.25, -0.2) is 5.43 Å². The number of nitrogens with one attached hydrogen (secondary N) is 1. The van der Waals surface area contributed by atoms with Crippen LogP contribution in [-0.4, -0.2) is 7.11 Å². The van der Waals surface area contributed by atoms with E-state index in [9.17, 15) is 0 Å². The van der Waals surface area contributed by atoms with Crippen molar-refractivity contribution in [3.05, 3.63) is 64.7 Å². The molecule has 0 saturated carbocycles. The van der Waals surface area contributed by atoms with E-state index >= 15 is 0 Å². The average Bonchev–Trinajstić information content (AvgIpc) is 2.50. The molecule has 0 amide bonds. The van der Waals surface area contributed by atoms with E-state index in [2.05, 4.69) is 49.6 Å². The van der Waals surface area contributed by atoms with Gasteiger partial charge in [0.2, 0.25) is 0 Å². The maximum atomic E-state index is 5.82. The fourth-order valence-electron chi connectivity index (χ4n) is 2.58. The van der Waals surface area contributed by atoms with Gasteiger partial charge in [-0.15, -0.1) is 0 Å². The van der Waals surface area contributed by atoms with E-state index in [0.29, 0.717) is 0 Å². The fourth-order valence-corrected chi connectivity index (χ4v) is 2.58. The molecule has 0 aliphatic heterocycles. The topological polar surface area (TPSA) is 47.3 Å². The van der Waals surface area contributed by atoms with Crippen LogP contribution in [0.3, 0.4) is 0 Å². The Bertz CT molecular complexity index is 581. The van der Waals surface area contributed by atoms with Gasteiger partial charge < -0.3 is 4.74 Å². The van der Waals surface area contributed by atoms with Crippen molar-refractivity contribution in [1.82, 2.24) is 5.43 Å². The van der Waals surface area contributed by atoms with Crippen molar-refractivity contribution in [3.63, 3.8) is 0 Å². The van der Waals surface area contributed by atoms with Gasteiger partial charge in [0.1, 0.15) is 5.75 Å². The van der Waals surface area contributed by atoms with E-state index in [1.54, 1.807) is 7.11 Å². The highest BCUT2D eigenvalue weighted by atomic mass is 16.5. The largest absolute Gasteiger partial charge is 0.497 e. The quantitative estimate of drug-likeness (QED) is 0.648. The lowest BCUT2D eigenvalue weighted by Gasteiger charge is -2.22. The van der Waals surface area contributed by atoms with Gasteiger partial charge in [0, 0.05) is 0 Å². The SMILES string of the molecule is CCc1ccccc1C(NN)c1ccc(OC)cc1C. The van der Waals surface area contributed by atoms with Gasteiger partial charge in [0.25, 0.3) is 0 Å². The molecule has 0 aliphatic rings. The Morgan fingerprint density at radius 3 is 2.50 bits per heavy atom. The molecule has 0 saturated heterocycles. The number of hydrogen-bond acceptors (Lipinski definition) is 3. The zero-order chi connectivity index (χ0) is 14.5. The molecule has 2 aromatic carbocycles. The first kappa shape index (κ1) is 14.6. The highest BCUT2D eigenvalue weighted by Gasteiger charge is 2.17. The smallest absolute Gasteiger partial charge is 0.119 e. The van der Waals surface area contributed by atoms with Gasteiger partial charge >= 0.3 is 0 Å². The number of hydrazine groups is 1. The van der Waals surface area contributed by atoms with E-state index in [-0.39, 0.29) is 6.04 Å². The van der Waals surface area contributed by atoms with Crippen LogP contribution in [0.5, 0.6) is 5.75 Å². The molecule has 20 heavy (non-hydrogen) atoms. The third-order valence-electron chi connectivity index (χ3n) is 3.70. The number of methoxy groups -OCH3 is 1. The van der Waals surface area contributed by atoms with Gasteiger partial charge in [0.15, 0.2) is 0 Å². The number of aryl methyl sites for hydroxylation is 2. The summed E-state index contributed by atoms with van der Waals surface area (Å²) < 4.78 is 5.26. The van der Waals surface area contributed by atoms with Gasteiger partial charge in [0.05, 0.1) is 13.2 Å². The zero-order valence-corrected chi connectivity index (χ0v) is 12.3. The van der Waals surface area contributed by atoms with Crippen molar-refractivity contribution in [1.29, 1.82) is 0 Å². The molecule has 0 aliphatic carbocycles. The molecule has 0 spiro atoms. The van der Waals surface area contributed by atoms with E-state index < -0.39 is 0 Å². The molecular formula is C17H22N2O. The van der Waals surface area contributed by atoms with E-state index in [1.807, 2.05) is 12.1 Å². The third-order valence-corrected chi connectivity index (χ3v) is 3.70. The minimum atomic E-state index is -0.00273. The molecule has 0 radical (unpaired) electrons. The molecule has 3 nitrogen and oxygen atoms in total. The highest BCUT2D eigenvalue weighted by molar-refractivity contribution is 5.43. The summed E-state index contributed by atoms with van der Waals surface area (Å²) in [6, 6.07) is 14.5. The standard InChI is InChI=1S/C17H22N2O/c1-4-13-7-5-6-8-16(13)17(19-18)15-10-9-14(20-3)11-12(15)2/h5-11,17,19H,4,18H2,1-3H3. The van der Waals surface area contributed by atoms with Gasteiger partial charge in [-0.05, 0) is 47.7 Å². The third kappa shape index (κ3) is 2.84. The Balaban J connectivity index is 2.47. The Kier molecular flexibility index (Phi) is 4.77. The maximum Gasteiger partial charge on any atom is 0.119 e. The minimum absolute atomic E-state index is 0.00273. The summed E-state index contributed by atoms with van der Waals surface area (Å²) >= 11 is 0. The van der Waals surface area contributed by atoms with Crippen LogP contribution in [0, 0.1) is 6.92 Å². The molecule has 0 aromatic heterocycles. The second-order valence-electron chi connectivity index (χ2n) is 4.87. The molecule has 2 aromatic rings. The first-order valence-electron chi connectivity index (χ1n) is 6.89. The van der Waals surface area contributed by atoms with Crippen LogP contribution in [0.1, 0.15) is 35.2 Å². The fraction of sp³-hybridized carbons (Fsp3) is 0.294. The normalized spacial score (nSPS) is 12.2. The summed E-state index contributed by atoms with van der Waals surface area (Å²) in [4.78, 5) is 0. The molecular weight excluding hydrogens is 248 g/mol. The van der Waals surface area contributed by atoms with E-state index in [1.165, 1.54) is 22.3 Å². The van der Waals surface area contributed by atoms with Crippen molar-refractivity contribution < 1.29 is 4.74 Å². The number of nitrogens with two attached hydrogens (primary N) is 1. The first-order chi connectivity index (χ1) is 9.71. The Morgan fingerprint density at radius 2 is 1.90 bits per heavy atom. The predicted molar refractivity (Wildman–Crippen MR) is 82.7 cm³/mol. The molecule has 0 bridgehead atoms. The van der Waals surface area contributed by atoms with Gasteiger partial charge in [-0.1, -0.05) is 37.3 Å². The summed E-state index contributed by atoms with van der Waals surface area (Å²) in [7, 11) is 1.68. The average molecular weight is 270 g/mol. The van der Waals surface area contributed by atoms with Crippen LogP contribution < -0.4 is 16.0 Å². The molecule has 3 heteroatoms. The summed E-state index contributed by atoms with van der Waals surface area (Å²) in [5.41, 5.74) is 7.83. The number of hydrogen-bond donors (Lipinski definition) is 2. The maximum absolute atomic E-state index is 5.82. The lowest BCUT2D eigenvalue weighted by Crippen LogP contribution is -2.30. The second kappa shape index (κ2) is 6.55. The van der Waals surface area contributed by atoms with Crippen molar-refractivity contribution >= 4 is 0 Å². The lowest BCUT2D eigenvalue weighted by atomic mass is 9.91. The second-order valence-corrected chi connectivity index (χ2v) is 4.87. The van der Waals surface area contributed by atoms with Crippen LogP contribution in [0.4, 0.5) is 0 Å². The minimum Gasteiger partial charge on any atom is -0.497 e. The molecule has 3 N–H and O–H groups in total. The predicted octanol–water partition coefficient (Wildman–Crippen LogP) is 3.12. The number of rotatable bonds is 5.